The van der Waals surface area contributed by atoms with Crippen molar-refractivity contribution in [2.45, 2.75) is 12.8 Å². The van der Waals surface area contributed by atoms with Crippen LogP contribution in [0, 0.1) is 21.8 Å². The van der Waals surface area contributed by atoms with Gasteiger partial charge in [0, 0.05) is 12.0 Å². The summed E-state index contributed by atoms with van der Waals surface area (Å²) in [4.78, 5) is 22.1. The predicted octanol–water partition coefficient (Wildman–Crippen LogP) is 1.67. The summed E-state index contributed by atoms with van der Waals surface area (Å²) in [5, 5.41) is 16.3. The number of hydrogen-bond acceptors (Lipinski definition) is 4. The van der Waals surface area contributed by atoms with E-state index in [1.807, 2.05) is 0 Å². The number of benzene rings is 1. The number of halogens is 1. The molecule has 19 heavy (non-hydrogen) atoms. The van der Waals surface area contributed by atoms with Gasteiger partial charge in [0.05, 0.1) is 4.92 Å². The molecule has 1 fully saturated rings. The van der Waals surface area contributed by atoms with E-state index in [0.29, 0.717) is 12.8 Å². The second-order valence-corrected chi connectivity index (χ2v) is 4.40. The van der Waals surface area contributed by atoms with Crippen molar-refractivity contribution in [3.8, 4) is 0 Å². The Morgan fingerprint density at radius 2 is 2.11 bits per heavy atom. The van der Waals surface area contributed by atoms with Crippen LogP contribution < -0.4 is 10.6 Å². The molecule has 1 aromatic rings. The normalized spacial score (nSPS) is 16.1. The van der Waals surface area contributed by atoms with Crippen molar-refractivity contribution in [1.29, 1.82) is 0 Å². The molecule has 1 amide bonds. The summed E-state index contributed by atoms with van der Waals surface area (Å²) >= 11 is 0. The van der Waals surface area contributed by atoms with Gasteiger partial charge < -0.3 is 10.6 Å². The Morgan fingerprint density at radius 3 is 2.74 bits per heavy atom. The first-order valence-corrected chi connectivity index (χ1v) is 6.04. The summed E-state index contributed by atoms with van der Waals surface area (Å²) in [6.07, 6.45) is 1.29. The summed E-state index contributed by atoms with van der Waals surface area (Å²) in [5.41, 5.74) is -0.779. The van der Waals surface area contributed by atoms with E-state index in [9.17, 15) is 19.3 Å². The van der Waals surface area contributed by atoms with Crippen molar-refractivity contribution in [3.05, 3.63) is 34.1 Å². The Labute approximate surface area is 109 Å². The van der Waals surface area contributed by atoms with Gasteiger partial charge in [-0.1, -0.05) is 6.07 Å². The number of nitrogens with zero attached hydrogens (tertiary/aromatic N) is 1. The zero-order valence-electron chi connectivity index (χ0n) is 10.2. The predicted molar refractivity (Wildman–Crippen MR) is 67.3 cm³/mol. The summed E-state index contributed by atoms with van der Waals surface area (Å²) in [6, 6.07) is 3.50. The fourth-order valence-electron chi connectivity index (χ4n) is 2.10. The Balaban J connectivity index is 2.18. The van der Waals surface area contributed by atoms with Crippen LogP contribution >= 0.6 is 0 Å². The van der Waals surface area contributed by atoms with Crippen LogP contribution in [-0.2, 0) is 4.79 Å². The Bertz CT molecular complexity index is 501. The molecule has 0 spiro atoms. The van der Waals surface area contributed by atoms with Gasteiger partial charge >= 0.3 is 0 Å². The van der Waals surface area contributed by atoms with Crippen LogP contribution in [0.2, 0.25) is 0 Å². The topological polar surface area (TPSA) is 84.3 Å². The number of nitro benzene ring substituents is 1. The van der Waals surface area contributed by atoms with Gasteiger partial charge in [-0.15, -0.1) is 0 Å². The minimum absolute atomic E-state index is 0.236. The van der Waals surface area contributed by atoms with Gasteiger partial charge in [-0.25, -0.2) is 4.39 Å². The second kappa shape index (κ2) is 5.75. The number of amides is 1. The molecule has 1 aliphatic heterocycles. The van der Waals surface area contributed by atoms with Gasteiger partial charge in [-0.2, -0.15) is 0 Å². The highest BCUT2D eigenvalue weighted by atomic mass is 19.1. The van der Waals surface area contributed by atoms with Crippen molar-refractivity contribution < 1.29 is 14.1 Å². The van der Waals surface area contributed by atoms with Gasteiger partial charge in [0.1, 0.15) is 0 Å². The molecule has 0 aromatic heterocycles. The minimum Gasteiger partial charge on any atom is -0.318 e. The number of hydrogen-bond donors (Lipinski definition) is 2. The lowest BCUT2D eigenvalue weighted by molar-refractivity contribution is -0.384. The van der Waals surface area contributed by atoms with Gasteiger partial charge in [0.25, 0.3) is 5.69 Å². The van der Waals surface area contributed by atoms with Crippen LogP contribution in [0.5, 0.6) is 0 Å². The monoisotopic (exact) mass is 267 g/mol. The van der Waals surface area contributed by atoms with Crippen molar-refractivity contribution >= 4 is 17.3 Å². The highest BCUT2D eigenvalue weighted by molar-refractivity contribution is 5.94. The van der Waals surface area contributed by atoms with Gasteiger partial charge in [-0.05, 0) is 32.0 Å². The molecule has 1 aliphatic rings. The maximum atomic E-state index is 13.6. The number of anilines is 1. The average Bonchev–Trinajstić information content (AvgIpc) is 2.41. The first-order valence-electron chi connectivity index (χ1n) is 6.04. The van der Waals surface area contributed by atoms with E-state index < -0.39 is 16.4 Å². The first-order chi connectivity index (χ1) is 9.09. The molecule has 6 nitrogen and oxygen atoms in total. The fourth-order valence-corrected chi connectivity index (χ4v) is 2.10. The highest BCUT2D eigenvalue weighted by Crippen LogP contribution is 2.28. The number of carbonyl (C=O) groups is 1. The maximum Gasteiger partial charge on any atom is 0.295 e. The van der Waals surface area contributed by atoms with E-state index in [0.717, 1.165) is 19.2 Å². The second-order valence-electron chi connectivity index (χ2n) is 4.40. The smallest absolute Gasteiger partial charge is 0.295 e. The number of nitrogens with one attached hydrogen (secondary N) is 2. The molecule has 0 unspecified atom stereocenters. The van der Waals surface area contributed by atoms with Gasteiger partial charge in [-0.3, -0.25) is 14.9 Å². The van der Waals surface area contributed by atoms with Crippen molar-refractivity contribution in [3.63, 3.8) is 0 Å². The van der Waals surface area contributed by atoms with E-state index >= 15 is 0 Å². The minimum atomic E-state index is -0.795. The average molecular weight is 267 g/mol. The van der Waals surface area contributed by atoms with E-state index in [2.05, 4.69) is 10.6 Å². The lowest BCUT2D eigenvalue weighted by atomic mass is 9.97. The molecule has 0 atom stereocenters. The molecule has 1 heterocycles. The lowest BCUT2D eigenvalue weighted by Crippen LogP contribution is -2.34. The molecule has 1 aromatic carbocycles. The molecule has 0 aliphatic carbocycles. The van der Waals surface area contributed by atoms with E-state index in [-0.39, 0.29) is 17.5 Å². The van der Waals surface area contributed by atoms with Crippen LogP contribution in [0.3, 0.4) is 0 Å². The molecule has 102 valence electrons. The van der Waals surface area contributed by atoms with E-state index in [4.69, 9.17) is 0 Å². The van der Waals surface area contributed by atoms with Crippen molar-refractivity contribution in [2.24, 2.45) is 5.92 Å². The Kier molecular flexibility index (Phi) is 4.06. The molecule has 7 heteroatoms. The molecular formula is C12H14FN3O3. The van der Waals surface area contributed by atoms with Gasteiger partial charge in [0.15, 0.2) is 11.5 Å². The molecule has 0 radical (unpaired) electrons. The number of nitro groups is 1. The fraction of sp³-hybridized carbons (Fsp3) is 0.417. The highest BCUT2D eigenvalue weighted by Gasteiger charge is 2.25. The van der Waals surface area contributed by atoms with Crippen LogP contribution in [0.4, 0.5) is 15.8 Å². The number of piperidine rings is 1. The summed E-state index contributed by atoms with van der Waals surface area (Å²) in [5.74, 6) is -1.40. The quantitative estimate of drug-likeness (QED) is 0.644. The molecular weight excluding hydrogens is 253 g/mol. The maximum absolute atomic E-state index is 13.6. The third kappa shape index (κ3) is 3.05. The summed E-state index contributed by atoms with van der Waals surface area (Å²) in [7, 11) is 0. The molecule has 1 saturated heterocycles. The number of rotatable bonds is 3. The van der Waals surface area contributed by atoms with Crippen molar-refractivity contribution in [1.82, 2.24) is 5.32 Å². The molecule has 2 N–H and O–H groups in total. The largest absolute Gasteiger partial charge is 0.318 e. The van der Waals surface area contributed by atoms with Crippen LogP contribution in [-0.4, -0.2) is 23.9 Å². The standard InChI is InChI=1S/C12H14FN3O3/c13-9-2-1-3-10(16(18)19)11(9)15-12(17)8-4-6-14-7-5-8/h1-3,8,14H,4-7H2,(H,15,17). The Morgan fingerprint density at radius 1 is 1.42 bits per heavy atom. The SMILES string of the molecule is O=C(Nc1c(F)cccc1[N+](=O)[O-])C1CCNCC1. The zero-order valence-corrected chi connectivity index (χ0v) is 10.2. The van der Waals surface area contributed by atoms with Crippen molar-refractivity contribution in [2.75, 3.05) is 18.4 Å². The third-order valence-electron chi connectivity index (χ3n) is 3.15. The lowest BCUT2D eigenvalue weighted by Gasteiger charge is -2.21. The first kappa shape index (κ1) is 13.4. The van der Waals surface area contributed by atoms with Gasteiger partial charge in [0.2, 0.25) is 5.91 Å². The van der Waals surface area contributed by atoms with Crippen LogP contribution in [0.25, 0.3) is 0 Å². The molecule has 0 bridgehead atoms. The molecule has 0 saturated carbocycles. The van der Waals surface area contributed by atoms with Crippen LogP contribution in [0.15, 0.2) is 18.2 Å². The van der Waals surface area contributed by atoms with E-state index in [1.165, 1.54) is 12.1 Å². The van der Waals surface area contributed by atoms with Crippen LogP contribution in [0.1, 0.15) is 12.8 Å². The molecule has 2 rings (SSSR count). The number of carbonyl (C=O) groups excluding carboxylic acids is 1. The summed E-state index contributed by atoms with van der Waals surface area (Å²) in [6.45, 7) is 1.44. The zero-order chi connectivity index (χ0) is 13.8. The Hall–Kier alpha value is -2.02. The van der Waals surface area contributed by atoms with E-state index in [1.54, 1.807) is 0 Å². The summed E-state index contributed by atoms with van der Waals surface area (Å²) < 4.78 is 13.6. The number of para-hydroxylation sites is 1. The third-order valence-corrected chi connectivity index (χ3v) is 3.15.